The van der Waals surface area contributed by atoms with Crippen molar-refractivity contribution in [3.63, 3.8) is 0 Å². The van der Waals surface area contributed by atoms with Crippen LogP contribution >= 0.6 is 0 Å². The molecule has 2 aromatic heterocycles. The smallest absolute Gasteiger partial charge is 0.211 e. The molecule has 0 spiro atoms. The average molecular weight is 235 g/mol. The van der Waals surface area contributed by atoms with Gasteiger partial charge in [0.05, 0.1) is 12.8 Å². The summed E-state index contributed by atoms with van der Waals surface area (Å²) < 4.78 is 8.90. The van der Waals surface area contributed by atoms with Crippen molar-refractivity contribution in [2.24, 2.45) is 14.1 Å². The first kappa shape index (κ1) is 11.7. The predicted molar refractivity (Wildman–Crippen MR) is 63.9 cm³/mol. The first-order valence-electron chi connectivity index (χ1n) is 5.39. The molecule has 0 aromatic carbocycles. The normalized spacial score (nSPS) is 12.7. The minimum absolute atomic E-state index is 0.0369. The Morgan fingerprint density at radius 2 is 2.18 bits per heavy atom. The second-order valence-corrected chi connectivity index (χ2v) is 3.85. The topological polar surface area (TPSA) is 56.9 Å². The van der Waals surface area contributed by atoms with E-state index in [0.717, 1.165) is 17.4 Å². The number of rotatable bonds is 4. The number of ether oxygens (including phenoxy) is 1. The Bertz CT molecular complexity index is 502. The number of nitrogens with zero attached hydrogens (tertiary/aromatic N) is 4. The summed E-state index contributed by atoms with van der Waals surface area (Å²) in [6.45, 7) is 0. The zero-order chi connectivity index (χ0) is 12.4. The van der Waals surface area contributed by atoms with Crippen LogP contribution in [-0.4, -0.2) is 33.5 Å². The van der Waals surface area contributed by atoms with Crippen LogP contribution in [0.5, 0.6) is 5.88 Å². The highest BCUT2D eigenvalue weighted by molar-refractivity contribution is 5.23. The third-order valence-electron chi connectivity index (χ3n) is 2.77. The summed E-state index contributed by atoms with van der Waals surface area (Å²) in [5.74, 6) is 1.66. The molecule has 1 atom stereocenters. The van der Waals surface area contributed by atoms with Gasteiger partial charge in [0.2, 0.25) is 5.88 Å². The average Bonchev–Trinajstić information content (AvgIpc) is 2.88. The molecule has 0 aliphatic heterocycles. The molecule has 0 aliphatic rings. The van der Waals surface area contributed by atoms with E-state index in [-0.39, 0.29) is 6.04 Å². The van der Waals surface area contributed by atoms with Crippen LogP contribution in [0, 0.1) is 0 Å². The van der Waals surface area contributed by atoms with Gasteiger partial charge in [-0.2, -0.15) is 5.10 Å². The number of aromatic nitrogens is 4. The van der Waals surface area contributed by atoms with Crippen molar-refractivity contribution in [2.45, 2.75) is 6.04 Å². The van der Waals surface area contributed by atoms with Gasteiger partial charge in [0.15, 0.2) is 0 Å². The highest BCUT2D eigenvalue weighted by atomic mass is 16.5. The lowest BCUT2D eigenvalue weighted by atomic mass is 10.2. The maximum absolute atomic E-state index is 5.21. The summed E-state index contributed by atoms with van der Waals surface area (Å²) in [6.07, 6.45) is 3.69. The molecular weight excluding hydrogens is 218 g/mol. The standard InChI is InChI=1S/C11H17N5O/c1-12-10(11-13-5-6-15(11)2)8-7-9(17-4)16(3)14-8/h5-7,10,12H,1-4H3. The van der Waals surface area contributed by atoms with Crippen molar-refractivity contribution in [3.8, 4) is 5.88 Å². The summed E-state index contributed by atoms with van der Waals surface area (Å²) in [5, 5.41) is 7.64. The second kappa shape index (κ2) is 4.58. The van der Waals surface area contributed by atoms with E-state index in [0.29, 0.717) is 0 Å². The van der Waals surface area contributed by atoms with E-state index in [1.54, 1.807) is 18.0 Å². The van der Waals surface area contributed by atoms with Gasteiger partial charge in [0.1, 0.15) is 11.9 Å². The van der Waals surface area contributed by atoms with Gasteiger partial charge in [-0.3, -0.25) is 0 Å². The monoisotopic (exact) mass is 235 g/mol. The van der Waals surface area contributed by atoms with Crippen molar-refractivity contribution in [1.29, 1.82) is 0 Å². The van der Waals surface area contributed by atoms with Crippen LogP contribution in [0.1, 0.15) is 17.6 Å². The van der Waals surface area contributed by atoms with Crippen LogP contribution in [0.3, 0.4) is 0 Å². The molecule has 0 saturated heterocycles. The maximum atomic E-state index is 5.21. The van der Waals surface area contributed by atoms with Crippen LogP contribution in [0.2, 0.25) is 0 Å². The van der Waals surface area contributed by atoms with Gasteiger partial charge >= 0.3 is 0 Å². The molecule has 0 bridgehead atoms. The fourth-order valence-corrected chi connectivity index (χ4v) is 1.87. The second-order valence-electron chi connectivity index (χ2n) is 3.85. The Morgan fingerprint density at radius 3 is 2.65 bits per heavy atom. The van der Waals surface area contributed by atoms with Crippen LogP contribution in [-0.2, 0) is 14.1 Å². The van der Waals surface area contributed by atoms with Gasteiger partial charge in [-0.05, 0) is 7.05 Å². The molecule has 1 N–H and O–H groups in total. The van der Waals surface area contributed by atoms with Crippen molar-refractivity contribution < 1.29 is 4.74 Å². The molecule has 92 valence electrons. The lowest BCUT2D eigenvalue weighted by Crippen LogP contribution is -2.21. The molecule has 0 aliphatic carbocycles. The third-order valence-corrected chi connectivity index (χ3v) is 2.77. The van der Waals surface area contributed by atoms with Crippen molar-refractivity contribution in [1.82, 2.24) is 24.6 Å². The number of aryl methyl sites for hydroxylation is 2. The molecule has 1 unspecified atom stereocenters. The van der Waals surface area contributed by atoms with E-state index in [2.05, 4.69) is 15.4 Å². The van der Waals surface area contributed by atoms with Crippen LogP contribution in [0.25, 0.3) is 0 Å². The Kier molecular flexibility index (Phi) is 3.14. The summed E-state index contributed by atoms with van der Waals surface area (Å²) in [5.41, 5.74) is 0.890. The number of imidazole rings is 1. The summed E-state index contributed by atoms with van der Waals surface area (Å²) in [6, 6.07) is 1.88. The fraction of sp³-hybridized carbons (Fsp3) is 0.455. The Morgan fingerprint density at radius 1 is 1.41 bits per heavy atom. The minimum atomic E-state index is -0.0369. The van der Waals surface area contributed by atoms with E-state index in [9.17, 15) is 0 Å². The Balaban J connectivity index is 2.39. The first-order chi connectivity index (χ1) is 8.17. The summed E-state index contributed by atoms with van der Waals surface area (Å²) in [4.78, 5) is 4.34. The van der Waals surface area contributed by atoms with E-state index in [4.69, 9.17) is 4.74 Å². The Labute approximate surface area is 100 Å². The molecule has 2 heterocycles. The third kappa shape index (κ3) is 2.03. The zero-order valence-electron chi connectivity index (χ0n) is 10.5. The largest absolute Gasteiger partial charge is 0.481 e. The van der Waals surface area contributed by atoms with Crippen molar-refractivity contribution in [3.05, 3.63) is 30.0 Å². The number of hydrogen-bond donors (Lipinski definition) is 1. The Hall–Kier alpha value is -1.82. The fourth-order valence-electron chi connectivity index (χ4n) is 1.87. The quantitative estimate of drug-likeness (QED) is 0.837. The molecular formula is C11H17N5O. The lowest BCUT2D eigenvalue weighted by molar-refractivity contribution is 0.373. The van der Waals surface area contributed by atoms with Gasteiger partial charge in [0.25, 0.3) is 0 Å². The highest BCUT2D eigenvalue weighted by Gasteiger charge is 2.20. The van der Waals surface area contributed by atoms with Crippen LogP contribution in [0.4, 0.5) is 0 Å². The molecule has 2 rings (SSSR count). The summed E-state index contributed by atoms with van der Waals surface area (Å²) >= 11 is 0. The van der Waals surface area contributed by atoms with Crippen molar-refractivity contribution in [2.75, 3.05) is 14.2 Å². The van der Waals surface area contributed by atoms with Gasteiger partial charge < -0.3 is 14.6 Å². The molecule has 6 nitrogen and oxygen atoms in total. The summed E-state index contributed by atoms with van der Waals surface area (Å²) in [7, 11) is 7.34. The van der Waals surface area contributed by atoms with Gasteiger partial charge in [0, 0.05) is 32.6 Å². The van der Waals surface area contributed by atoms with E-state index in [1.807, 2.05) is 38.0 Å². The van der Waals surface area contributed by atoms with E-state index in [1.165, 1.54) is 0 Å². The molecule has 0 radical (unpaired) electrons. The van der Waals surface area contributed by atoms with Crippen molar-refractivity contribution >= 4 is 0 Å². The number of methoxy groups -OCH3 is 1. The van der Waals surface area contributed by atoms with Gasteiger partial charge in [-0.25, -0.2) is 9.67 Å². The molecule has 6 heteroatoms. The van der Waals surface area contributed by atoms with Gasteiger partial charge in [-0.15, -0.1) is 0 Å². The van der Waals surface area contributed by atoms with Crippen LogP contribution < -0.4 is 10.1 Å². The van der Waals surface area contributed by atoms with Crippen LogP contribution in [0.15, 0.2) is 18.5 Å². The number of nitrogens with one attached hydrogen (secondary N) is 1. The lowest BCUT2D eigenvalue weighted by Gasteiger charge is -2.13. The highest BCUT2D eigenvalue weighted by Crippen LogP contribution is 2.22. The first-order valence-corrected chi connectivity index (χ1v) is 5.39. The van der Waals surface area contributed by atoms with E-state index >= 15 is 0 Å². The number of hydrogen-bond acceptors (Lipinski definition) is 4. The zero-order valence-corrected chi connectivity index (χ0v) is 10.5. The maximum Gasteiger partial charge on any atom is 0.211 e. The molecule has 17 heavy (non-hydrogen) atoms. The molecule has 2 aromatic rings. The van der Waals surface area contributed by atoms with E-state index < -0.39 is 0 Å². The molecule has 0 fully saturated rings. The SMILES string of the molecule is CNC(c1cc(OC)n(C)n1)c1nccn1C. The molecule has 0 saturated carbocycles. The predicted octanol–water partition coefficient (Wildman–Crippen LogP) is 0.471. The molecule has 0 amide bonds. The van der Waals surface area contributed by atoms with Gasteiger partial charge in [-0.1, -0.05) is 0 Å². The minimum Gasteiger partial charge on any atom is -0.481 e.